The van der Waals surface area contributed by atoms with Crippen molar-refractivity contribution in [2.75, 3.05) is 31.8 Å². The van der Waals surface area contributed by atoms with E-state index in [1.807, 2.05) is 0 Å². The van der Waals surface area contributed by atoms with Crippen LogP contribution in [0.5, 0.6) is 11.5 Å². The molecule has 0 fully saturated rings. The molecule has 0 saturated carbocycles. The average Bonchev–Trinajstić information content (AvgIpc) is 2.92. The van der Waals surface area contributed by atoms with Gasteiger partial charge in [0, 0.05) is 12.1 Å². The van der Waals surface area contributed by atoms with Gasteiger partial charge in [-0.3, -0.25) is 4.79 Å². The summed E-state index contributed by atoms with van der Waals surface area (Å²) in [6.07, 6.45) is 1.70. The number of methoxy groups -OCH3 is 2. The number of nitrogen functional groups attached to an aromatic ring is 1. The van der Waals surface area contributed by atoms with Gasteiger partial charge in [-0.1, -0.05) is 17.4 Å². The van der Waals surface area contributed by atoms with Crippen molar-refractivity contribution in [3.05, 3.63) is 41.3 Å². The van der Waals surface area contributed by atoms with Crippen molar-refractivity contribution >= 4 is 28.1 Å². The molecule has 1 aromatic heterocycles. The van der Waals surface area contributed by atoms with Crippen molar-refractivity contribution in [2.24, 2.45) is 0 Å². The summed E-state index contributed by atoms with van der Waals surface area (Å²) in [5, 5.41) is 3.60. The van der Waals surface area contributed by atoms with E-state index in [1.54, 1.807) is 24.3 Å². The highest BCUT2D eigenvalue weighted by molar-refractivity contribution is 7.18. The van der Waals surface area contributed by atoms with Crippen LogP contribution in [0.3, 0.4) is 0 Å². The number of anilines is 2. The van der Waals surface area contributed by atoms with Crippen molar-refractivity contribution in [1.82, 2.24) is 4.98 Å². The predicted molar refractivity (Wildman–Crippen MR) is 88.2 cm³/mol. The Morgan fingerprint density at radius 2 is 2.14 bits per heavy atom. The molecule has 22 heavy (non-hydrogen) atoms. The molecule has 116 valence electrons. The number of hydrogen-bond acceptors (Lipinski definition) is 7. The fraction of sp³-hybridized carbons (Fsp3) is 0.200. The van der Waals surface area contributed by atoms with E-state index < -0.39 is 0 Å². The molecule has 2 rings (SSSR count). The van der Waals surface area contributed by atoms with Gasteiger partial charge in [0.05, 0.1) is 14.2 Å². The lowest BCUT2D eigenvalue weighted by molar-refractivity contribution is 0.104. The van der Waals surface area contributed by atoms with Crippen molar-refractivity contribution in [1.29, 1.82) is 0 Å². The Balaban J connectivity index is 2.31. The van der Waals surface area contributed by atoms with Crippen molar-refractivity contribution < 1.29 is 14.3 Å². The first-order valence-electron chi connectivity index (χ1n) is 6.48. The van der Waals surface area contributed by atoms with Crippen LogP contribution in [0.15, 0.2) is 30.9 Å². The summed E-state index contributed by atoms with van der Waals surface area (Å²) >= 11 is 1.21. The summed E-state index contributed by atoms with van der Waals surface area (Å²) in [6, 6.07) is 4.97. The van der Waals surface area contributed by atoms with Gasteiger partial charge in [0.1, 0.15) is 10.7 Å². The molecule has 0 aliphatic carbocycles. The monoisotopic (exact) mass is 319 g/mol. The number of carbonyl (C=O) groups excluding carboxylic acids is 1. The SMILES string of the molecule is C=CCNc1nc(N)c(C(=O)c2ccc(OC)c(OC)c2)s1. The Kier molecular flexibility index (Phi) is 5.00. The minimum absolute atomic E-state index is 0.205. The van der Waals surface area contributed by atoms with Gasteiger partial charge in [-0.15, -0.1) is 6.58 Å². The number of ketones is 1. The van der Waals surface area contributed by atoms with Crippen LogP contribution in [-0.4, -0.2) is 31.5 Å². The molecule has 0 radical (unpaired) electrons. The third kappa shape index (κ3) is 3.20. The number of nitrogens with one attached hydrogen (secondary N) is 1. The number of aromatic nitrogens is 1. The molecular weight excluding hydrogens is 302 g/mol. The lowest BCUT2D eigenvalue weighted by Gasteiger charge is -2.08. The van der Waals surface area contributed by atoms with E-state index in [4.69, 9.17) is 15.2 Å². The van der Waals surface area contributed by atoms with Gasteiger partial charge in [-0.05, 0) is 18.2 Å². The van der Waals surface area contributed by atoms with Gasteiger partial charge in [0.2, 0.25) is 5.78 Å². The van der Waals surface area contributed by atoms with E-state index in [9.17, 15) is 4.79 Å². The number of nitrogens with two attached hydrogens (primary N) is 1. The fourth-order valence-electron chi connectivity index (χ4n) is 1.84. The summed E-state index contributed by atoms with van der Waals surface area (Å²) < 4.78 is 10.4. The third-order valence-corrected chi connectivity index (χ3v) is 3.93. The standard InChI is InChI=1S/C15H17N3O3S/c1-4-7-17-15-18-14(16)13(22-15)12(19)9-5-6-10(20-2)11(8-9)21-3/h4-6,8H,1,7,16H2,2-3H3,(H,17,18). The predicted octanol–water partition coefficient (Wildman–Crippen LogP) is 2.57. The zero-order chi connectivity index (χ0) is 16.1. The molecule has 0 spiro atoms. The molecule has 7 heteroatoms. The van der Waals surface area contributed by atoms with Crippen LogP contribution < -0.4 is 20.5 Å². The van der Waals surface area contributed by atoms with Gasteiger partial charge < -0.3 is 20.5 Å². The maximum absolute atomic E-state index is 12.6. The molecule has 0 atom stereocenters. The van der Waals surface area contributed by atoms with E-state index in [1.165, 1.54) is 25.6 Å². The molecule has 1 aromatic carbocycles. The summed E-state index contributed by atoms with van der Waals surface area (Å²) in [6.45, 7) is 4.17. The number of hydrogen-bond donors (Lipinski definition) is 2. The van der Waals surface area contributed by atoms with E-state index in [0.717, 1.165) is 0 Å². The minimum Gasteiger partial charge on any atom is -0.493 e. The van der Waals surface area contributed by atoms with Crippen LogP contribution in [-0.2, 0) is 0 Å². The highest BCUT2D eigenvalue weighted by atomic mass is 32.1. The third-order valence-electron chi connectivity index (χ3n) is 2.90. The zero-order valence-electron chi connectivity index (χ0n) is 12.4. The van der Waals surface area contributed by atoms with Crippen LogP contribution in [0.2, 0.25) is 0 Å². The van der Waals surface area contributed by atoms with Crippen LogP contribution in [0, 0.1) is 0 Å². The van der Waals surface area contributed by atoms with Crippen LogP contribution in [0.25, 0.3) is 0 Å². The van der Waals surface area contributed by atoms with Crippen LogP contribution >= 0.6 is 11.3 Å². The largest absolute Gasteiger partial charge is 0.493 e. The zero-order valence-corrected chi connectivity index (χ0v) is 13.2. The van der Waals surface area contributed by atoms with E-state index in [0.29, 0.717) is 33.6 Å². The second-order valence-electron chi connectivity index (χ2n) is 4.30. The lowest BCUT2D eigenvalue weighted by atomic mass is 10.1. The van der Waals surface area contributed by atoms with E-state index in [2.05, 4.69) is 16.9 Å². The van der Waals surface area contributed by atoms with Crippen molar-refractivity contribution in [3.63, 3.8) is 0 Å². The number of nitrogens with zero attached hydrogens (tertiary/aromatic N) is 1. The molecule has 0 unspecified atom stereocenters. The van der Waals surface area contributed by atoms with Gasteiger partial charge in [-0.25, -0.2) is 4.98 Å². The Hall–Kier alpha value is -2.54. The molecule has 6 nitrogen and oxygen atoms in total. The first-order valence-corrected chi connectivity index (χ1v) is 7.30. The second-order valence-corrected chi connectivity index (χ2v) is 5.30. The fourth-order valence-corrected chi connectivity index (χ4v) is 2.69. The first-order chi connectivity index (χ1) is 10.6. The molecule has 1 heterocycles. The molecule has 0 bridgehead atoms. The summed E-state index contributed by atoms with van der Waals surface area (Å²) in [5.74, 6) is 1.05. The van der Waals surface area contributed by atoms with Crippen LogP contribution in [0.1, 0.15) is 15.2 Å². The minimum atomic E-state index is -0.206. The molecule has 3 N–H and O–H groups in total. The maximum Gasteiger partial charge on any atom is 0.206 e. The highest BCUT2D eigenvalue weighted by Gasteiger charge is 2.19. The average molecular weight is 319 g/mol. The molecule has 0 aliphatic heterocycles. The van der Waals surface area contributed by atoms with E-state index in [-0.39, 0.29) is 11.6 Å². The van der Waals surface area contributed by atoms with Gasteiger partial charge >= 0.3 is 0 Å². The van der Waals surface area contributed by atoms with Gasteiger partial charge in [0.15, 0.2) is 16.6 Å². The van der Waals surface area contributed by atoms with Gasteiger partial charge in [-0.2, -0.15) is 0 Å². The topological polar surface area (TPSA) is 86.5 Å². The van der Waals surface area contributed by atoms with Crippen molar-refractivity contribution in [3.8, 4) is 11.5 Å². The molecule has 0 saturated heterocycles. The number of ether oxygens (including phenoxy) is 2. The number of thiazole rings is 1. The summed E-state index contributed by atoms with van der Waals surface area (Å²) in [7, 11) is 3.06. The summed E-state index contributed by atoms with van der Waals surface area (Å²) in [4.78, 5) is 17.1. The number of carbonyl (C=O) groups is 1. The Morgan fingerprint density at radius 1 is 1.41 bits per heavy atom. The van der Waals surface area contributed by atoms with Crippen LogP contribution in [0.4, 0.5) is 10.9 Å². The number of benzene rings is 1. The second kappa shape index (κ2) is 6.95. The maximum atomic E-state index is 12.6. The normalized spacial score (nSPS) is 10.1. The lowest BCUT2D eigenvalue weighted by Crippen LogP contribution is -2.03. The van der Waals surface area contributed by atoms with E-state index >= 15 is 0 Å². The molecule has 0 amide bonds. The van der Waals surface area contributed by atoms with Gasteiger partial charge in [0.25, 0.3) is 0 Å². The Morgan fingerprint density at radius 3 is 2.77 bits per heavy atom. The van der Waals surface area contributed by atoms with Crippen molar-refractivity contribution in [2.45, 2.75) is 0 Å². The number of rotatable bonds is 7. The smallest absolute Gasteiger partial charge is 0.206 e. The molecule has 2 aromatic rings. The Bertz CT molecular complexity index is 697. The quantitative estimate of drug-likeness (QED) is 0.602. The highest BCUT2D eigenvalue weighted by Crippen LogP contribution is 2.31. The first kappa shape index (κ1) is 15.8. The Labute approximate surface area is 132 Å². The molecular formula is C15H17N3O3S. The summed E-state index contributed by atoms with van der Waals surface area (Å²) in [5.41, 5.74) is 6.30. The molecule has 0 aliphatic rings.